The lowest BCUT2D eigenvalue weighted by atomic mass is 10.2. The second kappa shape index (κ2) is 7.13. The van der Waals surface area contributed by atoms with E-state index in [-0.39, 0.29) is 11.9 Å². The van der Waals surface area contributed by atoms with Gasteiger partial charge in [0, 0.05) is 25.2 Å². The van der Waals surface area contributed by atoms with Crippen LogP contribution in [0.1, 0.15) is 42.4 Å². The molecule has 2 heterocycles. The van der Waals surface area contributed by atoms with Gasteiger partial charge in [0.05, 0.1) is 24.6 Å². The molecule has 0 fully saturated rings. The molecule has 0 unspecified atom stereocenters. The zero-order chi connectivity index (χ0) is 17.1. The van der Waals surface area contributed by atoms with E-state index in [1.54, 1.807) is 18.6 Å². The summed E-state index contributed by atoms with van der Waals surface area (Å²) in [5, 5.41) is 3.34. The van der Waals surface area contributed by atoms with Gasteiger partial charge in [-0.05, 0) is 31.5 Å². The Morgan fingerprint density at radius 3 is 2.92 bits per heavy atom. The van der Waals surface area contributed by atoms with Gasteiger partial charge in [-0.25, -0.2) is 4.98 Å². The fraction of sp³-hybridized carbons (Fsp3) is 0.412. The summed E-state index contributed by atoms with van der Waals surface area (Å²) in [5.74, 6) is 0.964. The third-order valence-electron chi connectivity index (χ3n) is 3.75. The van der Waals surface area contributed by atoms with Crippen molar-refractivity contribution >= 4 is 17.5 Å². The van der Waals surface area contributed by atoms with Crippen molar-refractivity contribution in [3.05, 3.63) is 40.9 Å². The van der Waals surface area contributed by atoms with E-state index in [9.17, 15) is 4.79 Å². The number of amides is 1. The van der Waals surface area contributed by atoms with E-state index >= 15 is 0 Å². The first-order valence-corrected chi connectivity index (χ1v) is 8.32. The topological polar surface area (TPSA) is 65.4 Å². The highest BCUT2D eigenvalue weighted by molar-refractivity contribution is 6.32. The maximum absolute atomic E-state index is 12.2. The highest BCUT2D eigenvalue weighted by Crippen LogP contribution is 2.37. The van der Waals surface area contributed by atoms with Gasteiger partial charge in [-0.3, -0.25) is 4.79 Å². The number of hydrogen-bond acceptors (Lipinski definition) is 4. The summed E-state index contributed by atoms with van der Waals surface area (Å²) in [7, 11) is 0. The van der Waals surface area contributed by atoms with E-state index in [1.807, 2.05) is 24.5 Å². The molecule has 1 aromatic carbocycles. The van der Waals surface area contributed by atoms with Gasteiger partial charge >= 0.3 is 0 Å². The van der Waals surface area contributed by atoms with Gasteiger partial charge in [0.1, 0.15) is 5.69 Å². The number of hydrogen-bond donors (Lipinski definition) is 1. The lowest BCUT2D eigenvalue weighted by Crippen LogP contribution is -2.23. The van der Waals surface area contributed by atoms with Gasteiger partial charge < -0.3 is 19.4 Å². The van der Waals surface area contributed by atoms with Gasteiger partial charge in [0.2, 0.25) is 0 Å². The number of carbonyl (C=O) groups excluding carboxylic acids is 1. The van der Waals surface area contributed by atoms with Crippen molar-refractivity contribution in [3.8, 4) is 11.5 Å². The Hall–Kier alpha value is -2.21. The van der Waals surface area contributed by atoms with Crippen molar-refractivity contribution in [1.29, 1.82) is 0 Å². The predicted octanol–water partition coefficient (Wildman–Crippen LogP) is 3.21. The molecule has 0 saturated heterocycles. The van der Waals surface area contributed by atoms with E-state index in [0.29, 0.717) is 42.0 Å². The molecule has 1 aliphatic rings. The van der Waals surface area contributed by atoms with Crippen molar-refractivity contribution in [1.82, 2.24) is 14.9 Å². The predicted molar refractivity (Wildman–Crippen MR) is 90.8 cm³/mol. The first-order valence-electron chi connectivity index (χ1n) is 7.94. The lowest BCUT2D eigenvalue weighted by Gasteiger charge is -2.12. The van der Waals surface area contributed by atoms with Crippen molar-refractivity contribution in [2.75, 3.05) is 13.2 Å². The first-order chi connectivity index (χ1) is 11.5. The average Bonchev–Trinajstić information content (AvgIpc) is 2.93. The summed E-state index contributed by atoms with van der Waals surface area (Å²) < 4.78 is 13.1. The molecule has 3 rings (SSSR count). The summed E-state index contributed by atoms with van der Waals surface area (Å²) in [5.41, 5.74) is 1.24. The minimum atomic E-state index is -0.224. The Kier molecular flexibility index (Phi) is 4.94. The molecule has 6 nitrogen and oxygen atoms in total. The molecule has 24 heavy (non-hydrogen) atoms. The molecule has 2 aromatic rings. The van der Waals surface area contributed by atoms with Crippen LogP contribution in [0.2, 0.25) is 5.02 Å². The number of imidazole rings is 1. The van der Waals surface area contributed by atoms with Crippen LogP contribution in [0, 0.1) is 0 Å². The van der Waals surface area contributed by atoms with Gasteiger partial charge in [-0.15, -0.1) is 0 Å². The third-order valence-corrected chi connectivity index (χ3v) is 4.03. The Labute approximate surface area is 145 Å². The van der Waals surface area contributed by atoms with Crippen molar-refractivity contribution in [2.24, 2.45) is 0 Å². The van der Waals surface area contributed by atoms with Crippen LogP contribution in [-0.2, 0) is 6.54 Å². The van der Waals surface area contributed by atoms with Crippen LogP contribution < -0.4 is 14.8 Å². The molecule has 1 aliphatic heterocycles. The third kappa shape index (κ3) is 3.64. The van der Waals surface area contributed by atoms with Crippen LogP contribution in [-0.4, -0.2) is 28.7 Å². The molecule has 0 bridgehead atoms. The molecule has 1 aromatic heterocycles. The molecule has 0 saturated carbocycles. The van der Waals surface area contributed by atoms with E-state index in [2.05, 4.69) is 10.3 Å². The summed E-state index contributed by atoms with van der Waals surface area (Å²) in [6, 6.07) is 3.89. The molecule has 7 heteroatoms. The van der Waals surface area contributed by atoms with E-state index in [0.717, 1.165) is 12.0 Å². The fourth-order valence-corrected chi connectivity index (χ4v) is 2.68. The number of nitrogens with one attached hydrogen (secondary N) is 1. The second-order valence-corrected chi connectivity index (χ2v) is 6.35. The molecule has 1 N–H and O–H groups in total. The lowest BCUT2D eigenvalue weighted by molar-refractivity contribution is 0.0946. The Bertz CT molecular complexity index is 743. The number of aromatic nitrogens is 2. The van der Waals surface area contributed by atoms with Gasteiger partial charge in [-0.1, -0.05) is 11.6 Å². The molecule has 1 amide bonds. The minimum Gasteiger partial charge on any atom is -0.489 e. The maximum Gasteiger partial charge on any atom is 0.271 e. The molecule has 0 atom stereocenters. The molecule has 0 aliphatic carbocycles. The van der Waals surface area contributed by atoms with Gasteiger partial charge in [-0.2, -0.15) is 0 Å². The standard InChI is InChI=1S/C17H20ClN3O3/c1-11(2)21-9-14(20-10-21)17(22)19-8-12-6-13(18)16-15(7-12)23-4-3-5-24-16/h6-7,9-11H,3-5,8H2,1-2H3,(H,19,22). The maximum atomic E-state index is 12.2. The van der Waals surface area contributed by atoms with E-state index in [4.69, 9.17) is 21.1 Å². The van der Waals surface area contributed by atoms with Crippen molar-refractivity contribution in [2.45, 2.75) is 32.9 Å². The Morgan fingerprint density at radius 1 is 1.38 bits per heavy atom. The Morgan fingerprint density at radius 2 is 2.17 bits per heavy atom. The van der Waals surface area contributed by atoms with Crippen LogP contribution in [0.25, 0.3) is 0 Å². The molecular formula is C17H20ClN3O3. The zero-order valence-electron chi connectivity index (χ0n) is 13.7. The van der Waals surface area contributed by atoms with Crippen molar-refractivity contribution < 1.29 is 14.3 Å². The van der Waals surface area contributed by atoms with Crippen LogP contribution in [0.15, 0.2) is 24.7 Å². The van der Waals surface area contributed by atoms with Crippen LogP contribution in [0.4, 0.5) is 0 Å². The molecular weight excluding hydrogens is 330 g/mol. The summed E-state index contributed by atoms with van der Waals surface area (Å²) in [6.07, 6.45) is 4.21. The van der Waals surface area contributed by atoms with E-state index in [1.165, 1.54) is 0 Å². The van der Waals surface area contributed by atoms with E-state index < -0.39 is 0 Å². The average molecular weight is 350 g/mol. The Balaban J connectivity index is 1.68. The van der Waals surface area contributed by atoms with Gasteiger partial charge in [0.15, 0.2) is 11.5 Å². The number of halogens is 1. The van der Waals surface area contributed by atoms with Crippen molar-refractivity contribution in [3.63, 3.8) is 0 Å². The number of ether oxygens (including phenoxy) is 2. The number of rotatable bonds is 4. The number of benzene rings is 1. The first kappa shape index (κ1) is 16.6. The normalized spacial score (nSPS) is 13.7. The number of fused-ring (bicyclic) bond motifs is 1. The smallest absolute Gasteiger partial charge is 0.271 e. The number of nitrogens with zero attached hydrogens (tertiary/aromatic N) is 2. The highest BCUT2D eigenvalue weighted by atomic mass is 35.5. The molecule has 128 valence electrons. The number of carbonyl (C=O) groups is 1. The largest absolute Gasteiger partial charge is 0.489 e. The van der Waals surface area contributed by atoms with Crippen LogP contribution >= 0.6 is 11.6 Å². The minimum absolute atomic E-state index is 0.224. The van der Waals surface area contributed by atoms with Crippen LogP contribution in [0.3, 0.4) is 0 Å². The highest BCUT2D eigenvalue weighted by Gasteiger charge is 2.16. The summed E-state index contributed by atoms with van der Waals surface area (Å²) in [6.45, 7) is 5.57. The monoisotopic (exact) mass is 349 g/mol. The fourth-order valence-electron chi connectivity index (χ4n) is 2.40. The zero-order valence-corrected chi connectivity index (χ0v) is 14.5. The quantitative estimate of drug-likeness (QED) is 0.920. The van der Waals surface area contributed by atoms with Crippen LogP contribution in [0.5, 0.6) is 11.5 Å². The summed E-state index contributed by atoms with van der Waals surface area (Å²) >= 11 is 6.26. The molecule has 0 radical (unpaired) electrons. The molecule has 0 spiro atoms. The summed E-state index contributed by atoms with van der Waals surface area (Å²) in [4.78, 5) is 16.3. The van der Waals surface area contributed by atoms with Gasteiger partial charge in [0.25, 0.3) is 5.91 Å². The SMILES string of the molecule is CC(C)n1cnc(C(=O)NCc2cc(Cl)c3c(c2)OCCCO3)c1. The second-order valence-electron chi connectivity index (χ2n) is 5.94.